The summed E-state index contributed by atoms with van der Waals surface area (Å²) < 4.78 is 0. The van der Waals surface area contributed by atoms with Crippen LogP contribution in [-0.4, -0.2) is 0 Å². The van der Waals surface area contributed by atoms with Crippen LogP contribution in [-0.2, 0) is 6.42 Å². The molecule has 1 rings (SSSR count). The SMILES string of the molecule is CCCc1ccccc1NCl. The van der Waals surface area contributed by atoms with Crippen molar-refractivity contribution in [2.24, 2.45) is 0 Å². The number of hydrogen-bond donors (Lipinski definition) is 1. The molecule has 0 saturated heterocycles. The Morgan fingerprint density at radius 1 is 1.36 bits per heavy atom. The third kappa shape index (κ3) is 2.12. The first-order valence-electron chi connectivity index (χ1n) is 3.83. The van der Waals surface area contributed by atoms with E-state index in [4.69, 9.17) is 11.8 Å². The van der Waals surface area contributed by atoms with Crippen molar-refractivity contribution in [2.75, 3.05) is 4.84 Å². The van der Waals surface area contributed by atoms with Crippen LogP contribution in [0.2, 0.25) is 0 Å². The van der Waals surface area contributed by atoms with Gasteiger partial charge in [-0.1, -0.05) is 31.5 Å². The number of halogens is 1. The molecule has 60 valence electrons. The molecule has 0 amide bonds. The van der Waals surface area contributed by atoms with Gasteiger partial charge in [0.1, 0.15) is 0 Å². The Kier molecular flexibility index (Phi) is 3.24. The molecule has 2 heteroatoms. The summed E-state index contributed by atoms with van der Waals surface area (Å²) in [6.07, 6.45) is 2.23. The second-order valence-electron chi connectivity index (χ2n) is 2.50. The summed E-state index contributed by atoms with van der Waals surface area (Å²) in [5.41, 5.74) is 2.31. The molecule has 0 bridgehead atoms. The Morgan fingerprint density at radius 2 is 2.09 bits per heavy atom. The normalized spacial score (nSPS) is 9.64. The minimum atomic E-state index is 1.02. The molecule has 0 aliphatic carbocycles. The van der Waals surface area contributed by atoms with Gasteiger partial charge in [-0.25, -0.2) is 0 Å². The number of aryl methyl sites for hydroxylation is 1. The molecule has 0 heterocycles. The molecule has 1 nitrogen and oxygen atoms in total. The van der Waals surface area contributed by atoms with Crippen LogP contribution >= 0.6 is 11.8 Å². The highest BCUT2D eigenvalue weighted by atomic mass is 35.5. The summed E-state index contributed by atoms with van der Waals surface area (Å²) in [5.74, 6) is 0. The van der Waals surface area contributed by atoms with E-state index in [0.717, 1.165) is 18.5 Å². The standard InChI is InChI=1S/C9H12ClN/c1-2-5-8-6-3-4-7-9(8)11-10/h3-4,6-7,11H,2,5H2,1H3. The topological polar surface area (TPSA) is 12.0 Å². The van der Waals surface area contributed by atoms with Gasteiger partial charge >= 0.3 is 0 Å². The second kappa shape index (κ2) is 4.24. The Bertz CT molecular complexity index is 223. The molecule has 1 N–H and O–H groups in total. The van der Waals surface area contributed by atoms with E-state index in [0.29, 0.717) is 0 Å². The van der Waals surface area contributed by atoms with Crippen molar-refractivity contribution in [3.8, 4) is 0 Å². The van der Waals surface area contributed by atoms with Crippen molar-refractivity contribution in [3.63, 3.8) is 0 Å². The Morgan fingerprint density at radius 3 is 2.73 bits per heavy atom. The Labute approximate surface area is 72.5 Å². The van der Waals surface area contributed by atoms with Crippen molar-refractivity contribution >= 4 is 17.5 Å². The zero-order valence-electron chi connectivity index (χ0n) is 6.60. The maximum atomic E-state index is 5.52. The van der Waals surface area contributed by atoms with Crippen LogP contribution in [0.4, 0.5) is 5.69 Å². The maximum absolute atomic E-state index is 5.52. The van der Waals surface area contributed by atoms with E-state index in [9.17, 15) is 0 Å². The van der Waals surface area contributed by atoms with Gasteiger partial charge in [-0.15, -0.1) is 0 Å². The van der Waals surface area contributed by atoms with E-state index in [-0.39, 0.29) is 0 Å². The van der Waals surface area contributed by atoms with Crippen LogP contribution in [0.3, 0.4) is 0 Å². The predicted octanol–water partition coefficient (Wildman–Crippen LogP) is 3.20. The van der Waals surface area contributed by atoms with Gasteiger partial charge in [0.25, 0.3) is 0 Å². The lowest BCUT2D eigenvalue weighted by molar-refractivity contribution is 0.924. The molecule has 0 aliphatic heterocycles. The van der Waals surface area contributed by atoms with Gasteiger partial charge in [0.2, 0.25) is 0 Å². The second-order valence-corrected chi connectivity index (χ2v) is 2.69. The number of rotatable bonds is 3. The molecular weight excluding hydrogens is 158 g/mol. The quantitative estimate of drug-likeness (QED) is 0.686. The third-order valence-electron chi connectivity index (χ3n) is 1.64. The number of nitrogens with one attached hydrogen (secondary N) is 1. The van der Waals surface area contributed by atoms with E-state index in [1.165, 1.54) is 5.56 Å². The molecule has 0 atom stereocenters. The molecule has 0 saturated carbocycles. The van der Waals surface area contributed by atoms with E-state index >= 15 is 0 Å². The fraction of sp³-hybridized carbons (Fsp3) is 0.333. The molecule has 0 fully saturated rings. The van der Waals surface area contributed by atoms with Crippen LogP contribution in [0.25, 0.3) is 0 Å². The van der Waals surface area contributed by atoms with Crippen LogP contribution in [0.1, 0.15) is 18.9 Å². The minimum Gasteiger partial charge on any atom is -0.298 e. The Hall–Kier alpha value is -0.690. The lowest BCUT2D eigenvalue weighted by atomic mass is 10.1. The summed E-state index contributed by atoms with van der Waals surface area (Å²) >= 11 is 5.52. The van der Waals surface area contributed by atoms with Crippen LogP contribution in [0, 0.1) is 0 Å². The van der Waals surface area contributed by atoms with Gasteiger partial charge in [0, 0.05) is 11.8 Å². The van der Waals surface area contributed by atoms with E-state index in [1.807, 2.05) is 18.2 Å². The summed E-state index contributed by atoms with van der Waals surface area (Å²) in [7, 11) is 0. The van der Waals surface area contributed by atoms with Crippen LogP contribution in [0.15, 0.2) is 24.3 Å². The number of anilines is 1. The molecule has 1 aromatic rings. The largest absolute Gasteiger partial charge is 0.298 e. The zero-order chi connectivity index (χ0) is 8.10. The van der Waals surface area contributed by atoms with Gasteiger partial charge in [-0.05, 0) is 18.1 Å². The summed E-state index contributed by atoms with van der Waals surface area (Å²) in [4.78, 5) is 2.65. The third-order valence-corrected chi connectivity index (χ3v) is 1.84. The summed E-state index contributed by atoms with van der Waals surface area (Å²) in [6, 6.07) is 8.08. The molecule has 0 aliphatic rings. The molecule has 0 aromatic heterocycles. The van der Waals surface area contributed by atoms with Crippen LogP contribution < -0.4 is 4.84 Å². The first kappa shape index (κ1) is 8.41. The molecule has 0 radical (unpaired) electrons. The number of hydrogen-bond acceptors (Lipinski definition) is 1. The minimum absolute atomic E-state index is 1.02. The van der Waals surface area contributed by atoms with E-state index < -0.39 is 0 Å². The summed E-state index contributed by atoms with van der Waals surface area (Å²) in [5, 5.41) is 0. The fourth-order valence-corrected chi connectivity index (χ4v) is 1.28. The van der Waals surface area contributed by atoms with Crippen molar-refractivity contribution in [3.05, 3.63) is 29.8 Å². The van der Waals surface area contributed by atoms with Crippen molar-refractivity contribution in [1.29, 1.82) is 0 Å². The first-order chi connectivity index (χ1) is 5.38. The molecule has 11 heavy (non-hydrogen) atoms. The lowest BCUT2D eigenvalue weighted by Crippen LogP contribution is -1.89. The van der Waals surface area contributed by atoms with E-state index in [2.05, 4.69) is 17.8 Å². The van der Waals surface area contributed by atoms with Crippen molar-refractivity contribution in [2.45, 2.75) is 19.8 Å². The van der Waals surface area contributed by atoms with Crippen LogP contribution in [0.5, 0.6) is 0 Å². The van der Waals surface area contributed by atoms with Crippen molar-refractivity contribution in [1.82, 2.24) is 0 Å². The average Bonchev–Trinajstić information content (AvgIpc) is 2.06. The highest BCUT2D eigenvalue weighted by Crippen LogP contribution is 2.16. The van der Waals surface area contributed by atoms with Crippen molar-refractivity contribution < 1.29 is 0 Å². The molecular formula is C9H12ClN. The highest BCUT2D eigenvalue weighted by Gasteiger charge is 1.96. The monoisotopic (exact) mass is 169 g/mol. The average molecular weight is 170 g/mol. The number of para-hydroxylation sites is 1. The fourth-order valence-electron chi connectivity index (χ4n) is 1.10. The summed E-state index contributed by atoms with van der Waals surface area (Å²) in [6.45, 7) is 2.16. The lowest BCUT2D eigenvalue weighted by Gasteiger charge is -2.04. The van der Waals surface area contributed by atoms with Gasteiger partial charge in [-0.3, -0.25) is 4.84 Å². The highest BCUT2D eigenvalue weighted by molar-refractivity contribution is 6.24. The zero-order valence-corrected chi connectivity index (χ0v) is 7.36. The Balaban J connectivity index is 2.83. The molecule has 0 unspecified atom stereocenters. The van der Waals surface area contributed by atoms with Gasteiger partial charge in [0.05, 0.1) is 5.69 Å². The predicted molar refractivity (Wildman–Crippen MR) is 49.9 cm³/mol. The molecule has 1 aromatic carbocycles. The van der Waals surface area contributed by atoms with Gasteiger partial charge in [0.15, 0.2) is 0 Å². The first-order valence-corrected chi connectivity index (χ1v) is 4.20. The van der Waals surface area contributed by atoms with Gasteiger partial charge < -0.3 is 0 Å². The van der Waals surface area contributed by atoms with Gasteiger partial charge in [-0.2, -0.15) is 0 Å². The molecule has 0 spiro atoms. The smallest absolute Gasteiger partial charge is 0.0523 e. The van der Waals surface area contributed by atoms with E-state index in [1.54, 1.807) is 0 Å². The number of benzene rings is 1. The maximum Gasteiger partial charge on any atom is 0.0523 e.